The summed E-state index contributed by atoms with van der Waals surface area (Å²) in [5.41, 5.74) is 1.07. The van der Waals surface area contributed by atoms with E-state index in [0.29, 0.717) is 30.8 Å². The van der Waals surface area contributed by atoms with Crippen LogP contribution in [0.4, 0.5) is 4.39 Å². The van der Waals surface area contributed by atoms with Crippen LogP contribution in [-0.4, -0.2) is 36.3 Å². The molecule has 0 N–H and O–H groups in total. The lowest BCUT2D eigenvalue weighted by Crippen LogP contribution is -2.42. The SMILES string of the molecule is O=C(CCC(=O)N1CCO[C@H](c2ccccc2F)C1)c1ccccc1. The maximum atomic E-state index is 13.9. The molecule has 1 amide bonds. The summed E-state index contributed by atoms with van der Waals surface area (Å²) in [6.45, 7) is 1.12. The van der Waals surface area contributed by atoms with E-state index in [9.17, 15) is 14.0 Å². The molecule has 0 saturated carbocycles. The van der Waals surface area contributed by atoms with Crippen LogP contribution in [0.2, 0.25) is 0 Å². The van der Waals surface area contributed by atoms with Crippen molar-refractivity contribution in [3.63, 3.8) is 0 Å². The predicted octanol–water partition coefficient (Wildman–Crippen LogP) is 3.39. The Bertz CT molecular complexity index is 748. The average molecular weight is 341 g/mol. The molecular weight excluding hydrogens is 321 g/mol. The zero-order chi connectivity index (χ0) is 17.6. The van der Waals surface area contributed by atoms with E-state index < -0.39 is 6.10 Å². The molecule has 2 aromatic carbocycles. The van der Waals surface area contributed by atoms with Gasteiger partial charge >= 0.3 is 0 Å². The van der Waals surface area contributed by atoms with Crippen LogP contribution in [0.25, 0.3) is 0 Å². The number of hydrogen-bond acceptors (Lipinski definition) is 3. The number of halogens is 1. The highest BCUT2D eigenvalue weighted by Gasteiger charge is 2.27. The average Bonchev–Trinajstić information content (AvgIpc) is 2.67. The summed E-state index contributed by atoms with van der Waals surface area (Å²) in [5, 5.41) is 0. The third kappa shape index (κ3) is 4.31. The van der Waals surface area contributed by atoms with Crippen molar-refractivity contribution in [3.05, 3.63) is 71.5 Å². The Balaban J connectivity index is 1.57. The second-order valence-electron chi connectivity index (χ2n) is 6.01. The van der Waals surface area contributed by atoms with Gasteiger partial charge in [0.05, 0.1) is 13.2 Å². The molecule has 1 aliphatic rings. The van der Waals surface area contributed by atoms with Crippen LogP contribution in [0, 0.1) is 5.82 Å². The van der Waals surface area contributed by atoms with Gasteiger partial charge < -0.3 is 9.64 Å². The van der Waals surface area contributed by atoms with E-state index in [0.717, 1.165) is 0 Å². The fraction of sp³-hybridized carbons (Fsp3) is 0.300. The number of ketones is 1. The van der Waals surface area contributed by atoms with E-state index in [2.05, 4.69) is 0 Å². The number of amides is 1. The molecule has 130 valence electrons. The van der Waals surface area contributed by atoms with Crippen molar-refractivity contribution in [2.75, 3.05) is 19.7 Å². The number of ether oxygens (including phenoxy) is 1. The molecule has 5 heteroatoms. The van der Waals surface area contributed by atoms with E-state index >= 15 is 0 Å². The quantitative estimate of drug-likeness (QED) is 0.783. The van der Waals surface area contributed by atoms with Crippen LogP contribution < -0.4 is 0 Å². The maximum absolute atomic E-state index is 13.9. The van der Waals surface area contributed by atoms with Gasteiger partial charge in [-0.05, 0) is 6.07 Å². The minimum absolute atomic E-state index is 0.0483. The van der Waals surface area contributed by atoms with Crippen LogP contribution in [0.15, 0.2) is 54.6 Å². The van der Waals surface area contributed by atoms with Gasteiger partial charge in [0.1, 0.15) is 11.9 Å². The molecular formula is C20H20FNO3. The second-order valence-corrected chi connectivity index (χ2v) is 6.01. The van der Waals surface area contributed by atoms with Crippen LogP contribution >= 0.6 is 0 Å². The predicted molar refractivity (Wildman–Crippen MR) is 91.7 cm³/mol. The highest BCUT2D eigenvalue weighted by atomic mass is 19.1. The molecule has 0 aromatic heterocycles. The summed E-state index contributed by atoms with van der Waals surface area (Å²) in [4.78, 5) is 26.2. The number of rotatable bonds is 5. The van der Waals surface area contributed by atoms with Gasteiger partial charge in [-0.1, -0.05) is 48.5 Å². The molecule has 25 heavy (non-hydrogen) atoms. The van der Waals surface area contributed by atoms with E-state index in [4.69, 9.17) is 4.74 Å². The van der Waals surface area contributed by atoms with E-state index in [1.54, 1.807) is 47.4 Å². The standard InChI is InChI=1S/C20H20FNO3/c21-17-9-5-4-8-16(17)19-14-22(12-13-25-19)20(24)11-10-18(23)15-6-2-1-3-7-15/h1-9,19H,10-14H2/t19-/m0/s1. The second kappa shape index (κ2) is 8.03. The first-order chi connectivity index (χ1) is 12.1. The van der Waals surface area contributed by atoms with Crippen molar-refractivity contribution >= 4 is 11.7 Å². The Morgan fingerprint density at radius 2 is 1.76 bits per heavy atom. The van der Waals surface area contributed by atoms with Crippen molar-refractivity contribution < 1.29 is 18.7 Å². The largest absolute Gasteiger partial charge is 0.370 e. The summed E-state index contributed by atoms with van der Waals surface area (Å²) in [7, 11) is 0. The van der Waals surface area contributed by atoms with Gasteiger partial charge in [0.2, 0.25) is 5.91 Å². The van der Waals surface area contributed by atoms with Gasteiger partial charge in [0.15, 0.2) is 5.78 Å². The molecule has 4 nitrogen and oxygen atoms in total. The maximum Gasteiger partial charge on any atom is 0.223 e. The summed E-state index contributed by atoms with van der Waals surface area (Å²) in [6.07, 6.45) is -0.147. The van der Waals surface area contributed by atoms with Gasteiger partial charge in [-0.15, -0.1) is 0 Å². The summed E-state index contributed by atoms with van der Waals surface area (Å²) in [5.74, 6) is -0.483. The number of carbonyl (C=O) groups is 2. The van der Waals surface area contributed by atoms with Gasteiger partial charge in [-0.3, -0.25) is 9.59 Å². The van der Waals surface area contributed by atoms with Crippen LogP contribution in [-0.2, 0) is 9.53 Å². The smallest absolute Gasteiger partial charge is 0.223 e. The first kappa shape index (κ1) is 17.3. The monoisotopic (exact) mass is 341 g/mol. The number of nitrogens with zero attached hydrogens (tertiary/aromatic N) is 1. The van der Waals surface area contributed by atoms with Crippen molar-refractivity contribution in [3.8, 4) is 0 Å². The lowest BCUT2D eigenvalue weighted by molar-refractivity contribution is -0.139. The normalized spacial score (nSPS) is 17.3. The van der Waals surface area contributed by atoms with E-state index in [1.807, 2.05) is 6.07 Å². The highest BCUT2D eigenvalue weighted by Crippen LogP contribution is 2.25. The summed E-state index contributed by atoms with van der Waals surface area (Å²) in [6, 6.07) is 15.4. The molecule has 1 heterocycles. The highest BCUT2D eigenvalue weighted by molar-refractivity contribution is 5.97. The fourth-order valence-corrected chi connectivity index (χ4v) is 2.95. The zero-order valence-electron chi connectivity index (χ0n) is 13.9. The van der Waals surface area contributed by atoms with E-state index in [-0.39, 0.29) is 30.3 Å². The topological polar surface area (TPSA) is 46.6 Å². The first-order valence-corrected chi connectivity index (χ1v) is 8.37. The van der Waals surface area contributed by atoms with Gasteiger partial charge in [0.25, 0.3) is 0 Å². The number of Topliss-reactive ketones (excluding diaryl/α,β-unsaturated/α-hetero) is 1. The molecule has 1 aliphatic heterocycles. The minimum Gasteiger partial charge on any atom is -0.370 e. The Morgan fingerprint density at radius 1 is 1.04 bits per heavy atom. The Kier molecular flexibility index (Phi) is 5.56. The lowest BCUT2D eigenvalue weighted by atomic mass is 10.0. The summed E-state index contributed by atoms with van der Waals surface area (Å²) < 4.78 is 19.5. The fourth-order valence-electron chi connectivity index (χ4n) is 2.95. The number of hydrogen-bond donors (Lipinski definition) is 0. The lowest BCUT2D eigenvalue weighted by Gasteiger charge is -2.33. The molecule has 0 bridgehead atoms. The molecule has 3 rings (SSSR count). The van der Waals surface area contributed by atoms with Crippen LogP contribution in [0.5, 0.6) is 0 Å². The Labute approximate surface area is 146 Å². The van der Waals surface area contributed by atoms with Crippen molar-refractivity contribution in [1.29, 1.82) is 0 Å². The van der Waals surface area contributed by atoms with Gasteiger partial charge in [0, 0.05) is 30.5 Å². The molecule has 2 aromatic rings. The molecule has 0 spiro atoms. The molecule has 0 aliphatic carbocycles. The van der Waals surface area contributed by atoms with Crippen molar-refractivity contribution in [2.24, 2.45) is 0 Å². The molecule has 1 saturated heterocycles. The number of benzene rings is 2. The molecule has 1 fully saturated rings. The van der Waals surface area contributed by atoms with Crippen LogP contribution in [0.1, 0.15) is 34.9 Å². The van der Waals surface area contributed by atoms with Crippen molar-refractivity contribution in [1.82, 2.24) is 4.90 Å². The number of morpholine rings is 1. The third-order valence-electron chi connectivity index (χ3n) is 4.33. The van der Waals surface area contributed by atoms with Gasteiger partial charge in [-0.2, -0.15) is 0 Å². The molecule has 0 unspecified atom stereocenters. The zero-order valence-corrected chi connectivity index (χ0v) is 13.9. The van der Waals surface area contributed by atoms with E-state index in [1.165, 1.54) is 6.07 Å². The van der Waals surface area contributed by atoms with Crippen molar-refractivity contribution in [2.45, 2.75) is 18.9 Å². The molecule has 0 radical (unpaired) electrons. The minimum atomic E-state index is -0.469. The summed E-state index contributed by atoms with van der Waals surface area (Å²) >= 11 is 0. The Morgan fingerprint density at radius 3 is 2.52 bits per heavy atom. The van der Waals surface area contributed by atoms with Gasteiger partial charge in [-0.25, -0.2) is 4.39 Å². The van der Waals surface area contributed by atoms with Crippen LogP contribution in [0.3, 0.4) is 0 Å². The first-order valence-electron chi connectivity index (χ1n) is 8.37. The Hall–Kier alpha value is -2.53. The third-order valence-corrected chi connectivity index (χ3v) is 4.33. The molecule has 1 atom stereocenters. The number of carbonyl (C=O) groups excluding carboxylic acids is 2.